The van der Waals surface area contributed by atoms with E-state index in [1.165, 1.54) is 14.2 Å². The summed E-state index contributed by atoms with van der Waals surface area (Å²) in [5.41, 5.74) is 6.70. The fourth-order valence-corrected chi connectivity index (χ4v) is 10.4. The SMILES string of the molecule is CC(C)(C)C(=O)Cl.COC(=O)[C@H](Cc1ccc(NC(=O)c2c(Cl)cccc2Cl)cc1)NC(=O)C1(CCN)CCCC1.COC(=O)[C@H](Cc1ccc(NC(=O)c2c(Cl)cccc2Cl)cc1)NC(=O)C1(CCNC(=O)C(C)(C)C)CCCC1. The number of amides is 5. The van der Waals surface area contributed by atoms with Gasteiger partial charge in [-0.05, 0) is 116 Å². The molecule has 21 heteroatoms. The first-order chi connectivity index (χ1) is 38.1. The van der Waals surface area contributed by atoms with Crippen LogP contribution in [0.5, 0.6) is 0 Å². The van der Waals surface area contributed by atoms with E-state index < -0.39 is 52.1 Å². The lowest BCUT2D eigenvalue weighted by Crippen LogP contribution is -2.50. The zero-order chi connectivity index (χ0) is 60.3. The molecule has 16 nitrogen and oxygen atoms in total. The molecule has 2 fully saturated rings. The number of carbonyl (C=O) groups is 8. The van der Waals surface area contributed by atoms with Crippen LogP contribution in [-0.4, -0.2) is 86.1 Å². The molecule has 4 aromatic rings. The van der Waals surface area contributed by atoms with Gasteiger partial charge in [-0.15, -0.1) is 0 Å². The summed E-state index contributed by atoms with van der Waals surface area (Å²) in [7, 11) is 2.58. The number of methoxy groups -OCH3 is 2. The van der Waals surface area contributed by atoms with Gasteiger partial charge in [0.05, 0.1) is 56.3 Å². The van der Waals surface area contributed by atoms with Gasteiger partial charge in [-0.3, -0.25) is 28.8 Å². The highest BCUT2D eigenvalue weighted by molar-refractivity contribution is 6.64. The zero-order valence-electron chi connectivity index (χ0n) is 47.2. The van der Waals surface area contributed by atoms with E-state index in [4.69, 9.17) is 73.2 Å². The van der Waals surface area contributed by atoms with Gasteiger partial charge in [-0.2, -0.15) is 0 Å². The van der Waals surface area contributed by atoms with Crippen LogP contribution in [0.25, 0.3) is 0 Å². The number of esters is 2. The molecular weight excluding hydrogens is 1140 g/mol. The molecule has 0 unspecified atom stereocenters. The summed E-state index contributed by atoms with van der Waals surface area (Å²) in [5, 5.41) is 15.0. The van der Waals surface area contributed by atoms with Crippen molar-refractivity contribution in [3.8, 4) is 0 Å². The molecule has 0 heterocycles. The number of rotatable bonds is 19. The Morgan fingerprint density at radius 1 is 0.543 bits per heavy atom. The lowest BCUT2D eigenvalue weighted by Gasteiger charge is -2.30. The van der Waals surface area contributed by atoms with Gasteiger partial charge in [0.1, 0.15) is 12.1 Å². The van der Waals surface area contributed by atoms with E-state index in [0.29, 0.717) is 50.1 Å². The minimum atomic E-state index is -0.887. The highest BCUT2D eigenvalue weighted by Gasteiger charge is 2.43. The van der Waals surface area contributed by atoms with E-state index in [-0.39, 0.29) is 72.4 Å². The quantitative estimate of drug-likeness (QED) is 0.0381. The van der Waals surface area contributed by atoms with Crippen molar-refractivity contribution < 1.29 is 47.8 Å². The summed E-state index contributed by atoms with van der Waals surface area (Å²) in [5.74, 6) is -2.35. The van der Waals surface area contributed by atoms with Gasteiger partial charge in [-0.1, -0.05) is 150 Å². The average molecular weight is 1220 g/mol. The molecule has 2 atom stereocenters. The minimum absolute atomic E-state index is 0.0666. The molecule has 0 saturated heterocycles. The molecule has 81 heavy (non-hydrogen) atoms. The van der Waals surface area contributed by atoms with Crippen molar-refractivity contribution in [2.45, 2.75) is 131 Å². The lowest BCUT2D eigenvalue weighted by molar-refractivity contribution is -0.147. The summed E-state index contributed by atoms with van der Waals surface area (Å²) in [6.45, 7) is 11.7. The number of halogens is 5. The van der Waals surface area contributed by atoms with Gasteiger partial charge in [0.2, 0.25) is 23.0 Å². The van der Waals surface area contributed by atoms with Crippen molar-refractivity contribution in [3.05, 3.63) is 127 Å². The van der Waals surface area contributed by atoms with Gasteiger partial charge in [-0.25, -0.2) is 9.59 Å². The molecule has 0 aromatic heterocycles. The smallest absolute Gasteiger partial charge is 0.328 e. The second-order valence-corrected chi connectivity index (χ2v) is 24.3. The Bertz CT molecular complexity index is 2800. The number of carbonyl (C=O) groups excluding carboxylic acids is 8. The normalized spacial score (nSPS) is 14.9. The van der Waals surface area contributed by atoms with Crippen LogP contribution in [-0.2, 0) is 51.1 Å². The van der Waals surface area contributed by atoms with Crippen LogP contribution in [0.3, 0.4) is 0 Å². The van der Waals surface area contributed by atoms with Crippen LogP contribution < -0.4 is 32.3 Å². The monoisotopic (exact) mass is 1210 g/mol. The van der Waals surface area contributed by atoms with E-state index in [9.17, 15) is 38.4 Å². The summed E-state index contributed by atoms with van der Waals surface area (Å²) in [6, 6.07) is 21.9. The van der Waals surface area contributed by atoms with Crippen molar-refractivity contribution in [2.24, 2.45) is 27.4 Å². The first-order valence-electron chi connectivity index (χ1n) is 26.7. The number of nitrogens with one attached hydrogen (secondary N) is 5. The minimum Gasteiger partial charge on any atom is -0.467 e. The largest absolute Gasteiger partial charge is 0.467 e. The maximum absolute atomic E-state index is 13.5. The fourth-order valence-electron chi connectivity index (χ4n) is 9.27. The van der Waals surface area contributed by atoms with Crippen molar-refractivity contribution in [3.63, 3.8) is 0 Å². The molecule has 0 radical (unpaired) electrons. The molecule has 4 aromatic carbocycles. The second-order valence-electron chi connectivity index (χ2n) is 22.3. The van der Waals surface area contributed by atoms with Crippen molar-refractivity contribution >= 4 is 116 Å². The number of hydrogen-bond donors (Lipinski definition) is 6. The molecule has 0 bridgehead atoms. The summed E-state index contributed by atoms with van der Waals surface area (Å²) in [4.78, 5) is 99.5. The molecule has 2 saturated carbocycles. The standard InChI is InChI=1S/C30H37Cl2N3O5.C25H29Cl2N3O4.C5H9ClO/c1-29(2,3)27(38)33-17-16-30(14-5-6-15-30)28(39)35-23(26(37)40-4)18-19-10-12-20(13-11-19)34-25(36)24-21(31)8-7-9-22(24)32;1-34-23(32)20(30-24(33)25(13-14-28)11-2-3-12-25)15-16-7-9-17(10-8-16)29-22(31)21-18(26)5-4-6-19(21)27;1-5(2,3)4(6)7/h7-13,23H,5-6,14-18H2,1-4H3,(H,33,38)(H,34,36)(H,35,39);4-10,20H,2-3,11-15,28H2,1H3,(H,29,31)(H,30,33);1-3H3/t23-;20-;/m00./s1. The predicted molar refractivity (Wildman–Crippen MR) is 320 cm³/mol. The van der Waals surface area contributed by atoms with E-state index in [1.54, 1.807) is 106 Å². The Labute approximate surface area is 500 Å². The van der Waals surface area contributed by atoms with E-state index in [0.717, 1.165) is 49.7 Å². The highest BCUT2D eigenvalue weighted by Crippen LogP contribution is 2.42. The molecule has 0 spiro atoms. The molecule has 440 valence electrons. The molecule has 7 N–H and O–H groups in total. The maximum atomic E-state index is 13.5. The second kappa shape index (κ2) is 31.1. The number of nitrogens with two attached hydrogens (primary N) is 1. The molecule has 2 aliphatic carbocycles. The Hall–Kier alpha value is -5.75. The van der Waals surface area contributed by atoms with Gasteiger partial charge in [0.15, 0.2) is 0 Å². The van der Waals surface area contributed by atoms with Crippen molar-refractivity contribution in [1.29, 1.82) is 0 Å². The van der Waals surface area contributed by atoms with E-state index in [2.05, 4.69) is 26.6 Å². The van der Waals surface area contributed by atoms with Crippen molar-refractivity contribution in [2.75, 3.05) is 37.9 Å². The van der Waals surface area contributed by atoms with Crippen LogP contribution in [0.1, 0.15) is 138 Å². The third-order valence-electron chi connectivity index (χ3n) is 14.1. The third-order valence-corrected chi connectivity index (χ3v) is 16.0. The third kappa shape index (κ3) is 20.0. The summed E-state index contributed by atoms with van der Waals surface area (Å²) < 4.78 is 9.91. The molecule has 0 aliphatic heterocycles. The summed E-state index contributed by atoms with van der Waals surface area (Å²) in [6.07, 6.45) is 8.26. The molecule has 2 aliphatic rings. The molecular formula is C60H75Cl5N6O10. The van der Waals surface area contributed by atoms with Gasteiger partial charge in [0.25, 0.3) is 11.8 Å². The van der Waals surface area contributed by atoms with Crippen molar-refractivity contribution in [1.82, 2.24) is 16.0 Å². The lowest BCUT2D eigenvalue weighted by atomic mass is 9.81. The first-order valence-corrected chi connectivity index (χ1v) is 28.6. The predicted octanol–water partition coefficient (Wildman–Crippen LogP) is 11.7. The molecule has 5 amide bonds. The zero-order valence-corrected chi connectivity index (χ0v) is 51.0. The molecule has 6 rings (SSSR count). The van der Waals surface area contributed by atoms with E-state index in [1.807, 2.05) is 20.8 Å². The van der Waals surface area contributed by atoms with Gasteiger partial charge in [0, 0.05) is 41.6 Å². The van der Waals surface area contributed by atoms with Crippen LogP contribution >= 0.6 is 58.0 Å². The fraction of sp³-hybridized carbons (Fsp3) is 0.467. The Morgan fingerprint density at radius 3 is 1.17 bits per heavy atom. The summed E-state index contributed by atoms with van der Waals surface area (Å²) >= 11 is 29.6. The Morgan fingerprint density at radius 2 is 0.877 bits per heavy atom. The number of benzene rings is 4. The Balaban J connectivity index is 0.000000314. The van der Waals surface area contributed by atoms with Crippen LogP contribution in [0.4, 0.5) is 11.4 Å². The number of anilines is 2. The van der Waals surface area contributed by atoms with Gasteiger partial charge >= 0.3 is 11.9 Å². The van der Waals surface area contributed by atoms with Crippen LogP contribution in [0.2, 0.25) is 20.1 Å². The van der Waals surface area contributed by atoms with Gasteiger partial charge < -0.3 is 41.8 Å². The Kier molecular flexibility index (Phi) is 26.0. The van der Waals surface area contributed by atoms with Crippen LogP contribution in [0, 0.1) is 21.7 Å². The topological polar surface area (TPSA) is 241 Å². The average Bonchev–Trinajstić information content (AvgIpc) is 4.18. The van der Waals surface area contributed by atoms with Crippen LogP contribution in [0.15, 0.2) is 84.9 Å². The number of hydrogen-bond acceptors (Lipinski definition) is 11. The van der Waals surface area contributed by atoms with E-state index >= 15 is 0 Å². The maximum Gasteiger partial charge on any atom is 0.328 e. The first kappa shape index (κ1) is 67.8. The number of ether oxygens (including phenoxy) is 2. The highest BCUT2D eigenvalue weighted by atomic mass is 35.5.